The summed E-state index contributed by atoms with van der Waals surface area (Å²) in [5, 5.41) is 2.20. The number of para-hydroxylation sites is 2. The average molecular weight is 869 g/mol. The molecular formula is C65H44N2O. The van der Waals surface area contributed by atoms with Crippen molar-refractivity contribution in [2.75, 3.05) is 9.80 Å². The van der Waals surface area contributed by atoms with Crippen LogP contribution in [0.2, 0.25) is 0 Å². The van der Waals surface area contributed by atoms with Crippen LogP contribution in [-0.4, -0.2) is 0 Å². The van der Waals surface area contributed by atoms with Crippen molar-refractivity contribution in [3.05, 3.63) is 289 Å². The van der Waals surface area contributed by atoms with Crippen LogP contribution in [0.15, 0.2) is 267 Å². The molecule has 3 heteroatoms. The molecule has 1 aliphatic carbocycles. The lowest BCUT2D eigenvalue weighted by atomic mass is 9.67. The van der Waals surface area contributed by atoms with Crippen LogP contribution in [0.5, 0.6) is 11.5 Å². The lowest BCUT2D eigenvalue weighted by molar-refractivity contribution is 0.487. The molecule has 0 amide bonds. The van der Waals surface area contributed by atoms with Gasteiger partial charge in [-0.25, -0.2) is 0 Å². The molecule has 0 radical (unpaired) electrons. The summed E-state index contributed by atoms with van der Waals surface area (Å²) >= 11 is 0. The molecule has 1 aliphatic heterocycles. The van der Waals surface area contributed by atoms with E-state index in [0.29, 0.717) is 0 Å². The van der Waals surface area contributed by atoms with E-state index in [4.69, 9.17) is 4.74 Å². The first-order valence-corrected chi connectivity index (χ1v) is 23.3. The van der Waals surface area contributed by atoms with Crippen molar-refractivity contribution in [2.24, 2.45) is 0 Å². The normalized spacial score (nSPS) is 12.6. The molecule has 1 heterocycles. The maximum absolute atomic E-state index is 7.16. The van der Waals surface area contributed by atoms with Crippen LogP contribution in [0, 0.1) is 0 Å². The minimum Gasteiger partial charge on any atom is -0.456 e. The Morgan fingerprint density at radius 2 is 0.838 bits per heavy atom. The number of benzene rings is 11. The van der Waals surface area contributed by atoms with Crippen LogP contribution in [0.3, 0.4) is 0 Å². The molecule has 0 bridgehead atoms. The van der Waals surface area contributed by atoms with Gasteiger partial charge in [-0.2, -0.15) is 0 Å². The summed E-state index contributed by atoms with van der Waals surface area (Å²) in [4.78, 5) is 4.74. The summed E-state index contributed by atoms with van der Waals surface area (Å²) in [6.45, 7) is 0. The van der Waals surface area contributed by atoms with E-state index in [0.717, 1.165) is 67.5 Å². The smallest absolute Gasteiger partial charge is 0.138 e. The monoisotopic (exact) mass is 868 g/mol. The number of nitrogens with zero attached hydrogens (tertiary/aromatic N) is 2. The van der Waals surface area contributed by atoms with Gasteiger partial charge in [-0.05, 0) is 122 Å². The zero-order chi connectivity index (χ0) is 45.0. The van der Waals surface area contributed by atoms with E-state index in [1.54, 1.807) is 0 Å². The van der Waals surface area contributed by atoms with E-state index in [9.17, 15) is 0 Å². The van der Waals surface area contributed by atoms with Crippen molar-refractivity contribution in [1.82, 2.24) is 0 Å². The molecule has 0 saturated heterocycles. The van der Waals surface area contributed by atoms with Crippen LogP contribution >= 0.6 is 0 Å². The fourth-order valence-corrected chi connectivity index (χ4v) is 11.0. The number of ether oxygens (including phenoxy) is 1. The van der Waals surface area contributed by atoms with Gasteiger partial charge < -0.3 is 14.5 Å². The van der Waals surface area contributed by atoms with Crippen LogP contribution in [0.4, 0.5) is 34.1 Å². The van der Waals surface area contributed by atoms with Crippen LogP contribution < -0.4 is 14.5 Å². The minimum absolute atomic E-state index is 0.553. The van der Waals surface area contributed by atoms with E-state index in [1.807, 2.05) is 0 Å². The fourth-order valence-electron chi connectivity index (χ4n) is 11.0. The molecule has 2 aliphatic rings. The molecule has 11 aromatic rings. The molecule has 320 valence electrons. The van der Waals surface area contributed by atoms with Crippen LogP contribution in [0.25, 0.3) is 44.2 Å². The number of rotatable bonds is 9. The molecule has 13 rings (SSSR count). The van der Waals surface area contributed by atoms with Crippen molar-refractivity contribution in [2.45, 2.75) is 5.41 Å². The zero-order valence-corrected chi connectivity index (χ0v) is 37.2. The predicted molar refractivity (Wildman–Crippen MR) is 282 cm³/mol. The maximum atomic E-state index is 7.16. The molecule has 11 aromatic carbocycles. The van der Waals surface area contributed by atoms with Crippen molar-refractivity contribution in [1.29, 1.82) is 0 Å². The third-order valence-corrected chi connectivity index (χ3v) is 13.9. The van der Waals surface area contributed by atoms with E-state index < -0.39 is 5.41 Å². The second-order valence-corrected chi connectivity index (χ2v) is 17.6. The molecule has 0 N–H and O–H groups in total. The Morgan fingerprint density at radius 3 is 1.51 bits per heavy atom. The Morgan fingerprint density at radius 1 is 0.309 bits per heavy atom. The highest BCUT2D eigenvalue weighted by Crippen LogP contribution is 2.59. The Kier molecular flexibility index (Phi) is 9.40. The van der Waals surface area contributed by atoms with Gasteiger partial charge >= 0.3 is 0 Å². The summed E-state index contributed by atoms with van der Waals surface area (Å²) in [5.41, 5.74) is 17.8. The summed E-state index contributed by atoms with van der Waals surface area (Å²) in [6, 6.07) is 96.5. The summed E-state index contributed by atoms with van der Waals surface area (Å²) in [6.07, 6.45) is 0. The average Bonchev–Trinajstić information content (AvgIpc) is 3.71. The lowest BCUT2D eigenvalue weighted by Gasteiger charge is -2.35. The van der Waals surface area contributed by atoms with Crippen LogP contribution in [-0.2, 0) is 5.41 Å². The largest absolute Gasteiger partial charge is 0.456 e. The van der Waals surface area contributed by atoms with Gasteiger partial charge in [0.15, 0.2) is 0 Å². The Bertz CT molecular complexity index is 3550. The van der Waals surface area contributed by atoms with E-state index in [-0.39, 0.29) is 0 Å². The molecule has 0 aromatic heterocycles. The molecule has 0 atom stereocenters. The second kappa shape index (κ2) is 16.2. The summed E-state index contributed by atoms with van der Waals surface area (Å²) < 4.78 is 7.16. The molecule has 68 heavy (non-hydrogen) atoms. The van der Waals surface area contributed by atoms with Crippen molar-refractivity contribution in [3.63, 3.8) is 0 Å². The highest BCUT2D eigenvalue weighted by molar-refractivity contribution is 6.09. The zero-order valence-electron chi connectivity index (χ0n) is 37.2. The van der Waals surface area contributed by atoms with Gasteiger partial charge in [-0.3, -0.25) is 0 Å². The van der Waals surface area contributed by atoms with E-state index in [1.165, 1.54) is 44.5 Å². The third-order valence-electron chi connectivity index (χ3n) is 13.9. The highest BCUT2D eigenvalue weighted by atomic mass is 16.5. The molecule has 0 spiro atoms. The van der Waals surface area contributed by atoms with Crippen molar-refractivity contribution < 1.29 is 4.74 Å². The van der Waals surface area contributed by atoms with E-state index >= 15 is 0 Å². The van der Waals surface area contributed by atoms with Crippen molar-refractivity contribution in [3.8, 4) is 44.9 Å². The van der Waals surface area contributed by atoms with Gasteiger partial charge in [-0.15, -0.1) is 0 Å². The first-order valence-electron chi connectivity index (χ1n) is 23.3. The second-order valence-electron chi connectivity index (χ2n) is 17.6. The number of hydrogen-bond acceptors (Lipinski definition) is 3. The Hall–Kier alpha value is -8.92. The summed E-state index contributed by atoms with van der Waals surface area (Å²) in [5.74, 6) is 1.65. The Labute approximate surface area is 397 Å². The molecule has 3 nitrogen and oxygen atoms in total. The standard InChI is InChI=1S/C65H44N2O/c1-6-20-45(21-7-1)46-36-38-52(39-37-46)67(53-40-41-56-55-31-16-17-33-58(55)65(59(56)43-53,48-23-8-2-9-24-48)49-25-10-3-11-26-49)60-34-19-35-61-64(60)57-32-18-22-47-42-54(44-62(68-61)63(47)57)66(50-27-12-4-13-28-50)51-29-14-5-15-30-51/h1-44H. The Balaban J connectivity index is 1.03. The van der Waals surface area contributed by atoms with E-state index in [2.05, 4.69) is 277 Å². The third kappa shape index (κ3) is 6.28. The highest BCUT2D eigenvalue weighted by Gasteiger charge is 2.46. The first kappa shape index (κ1) is 39.4. The maximum Gasteiger partial charge on any atom is 0.138 e. The van der Waals surface area contributed by atoms with Gasteiger partial charge in [-0.1, -0.05) is 194 Å². The lowest BCUT2D eigenvalue weighted by Crippen LogP contribution is -2.28. The number of fused-ring (bicyclic) bond motifs is 5. The van der Waals surface area contributed by atoms with Crippen LogP contribution in [0.1, 0.15) is 22.3 Å². The van der Waals surface area contributed by atoms with Crippen molar-refractivity contribution >= 4 is 44.9 Å². The SMILES string of the molecule is c1ccc(-c2ccc(N(c3ccc4c(c3)C(c3ccccc3)(c3ccccc3)c3ccccc3-4)c3cccc4c3-c3cccc5cc(N(c6ccccc6)c6ccccc6)cc(c35)O4)cc2)cc1. The number of anilines is 6. The minimum atomic E-state index is -0.553. The van der Waals surface area contributed by atoms with Gasteiger partial charge in [0.25, 0.3) is 0 Å². The molecule has 0 unspecified atom stereocenters. The first-order chi connectivity index (χ1) is 33.7. The molecule has 0 saturated carbocycles. The number of hydrogen-bond donors (Lipinski definition) is 0. The van der Waals surface area contributed by atoms with Gasteiger partial charge in [0.2, 0.25) is 0 Å². The fraction of sp³-hybridized carbons (Fsp3) is 0.0154. The van der Waals surface area contributed by atoms with Gasteiger partial charge in [0.05, 0.1) is 16.8 Å². The summed E-state index contributed by atoms with van der Waals surface area (Å²) in [7, 11) is 0. The van der Waals surface area contributed by atoms with Gasteiger partial charge in [0, 0.05) is 39.8 Å². The quantitative estimate of drug-likeness (QED) is 0.144. The topological polar surface area (TPSA) is 15.7 Å². The van der Waals surface area contributed by atoms with Gasteiger partial charge in [0.1, 0.15) is 11.5 Å². The molecule has 0 fully saturated rings. The molecular weight excluding hydrogens is 825 g/mol. The predicted octanol–water partition coefficient (Wildman–Crippen LogP) is 17.6.